The first-order chi connectivity index (χ1) is 13.7. The molecule has 0 aliphatic rings. The molecule has 3 rings (SSSR count). The van der Waals surface area contributed by atoms with E-state index in [1.807, 2.05) is 20.8 Å². The summed E-state index contributed by atoms with van der Waals surface area (Å²) in [7, 11) is 3.11. The van der Waals surface area contributed by atoms with E-state index in [9.17, 15) is 9.90 Å². The number of aromatic hydroxyl groups is 1. The zero-order valence-corrected chi connectivity index (χ0v) is 17.6. The highest BCUT2D eigenvalue weighted by molar-refractivity contribution is 6.10. The SMILES string of the molecule is CCOC(=O)c1c(-c2ccc(OC)cc2OC)oc2c(C(C)(C)C)cc(O)cc12. The van der Waals surface area contributed by atoms with E-state index in [4.69, 9.17) is 18.6 Å². The number of hydrogen-bond donors (Lipinski definition) is 1. The van der Waals surface area contributed by atoms with Gasteiger partial charge < -0.3 is 23.7 Å². The molecule has 0 saturated heterocycles. The number of ether oxygens (including phenoxy) is 3. The van der Waals surface area contributed by atoms with Gasteiger partial charge in [0, 0.05) is 17.0 Å². The Kier molecular flexibility index (Phi) is 5.46. The van der Waals surface area contributed by atoms with Gasteiger partial charge in [-0.15, -0.1) is 0 Å². The Labute approximate surface area is 170 Å². The standard InChI is InChI=1S/C23H26O6/c1-7-28-22(25)19-16-10-13(24)11-17(23(2,3)4)20(16)29-21(19)15-9-8-14(26-5)12-18(15)27-6/h8-12,24H,7H2,1-6H3. The molecule has 1 N–H and O–H groups in total. The van der Waals surface area contributed by atoms with Gasteiger partial charge in [0.1, 0.15) is 28.4 Å². The summed E-state index contributed by atoms with van der Waals surface area (Å²) in [6.45, 7) is 8.01. The summed E-state index contributed by atoms with van der Waals surface area (Å²) >= 11 is 0. The number of carbonyl (C=O) groups excluding carboxylic acids is 1. The minimum absolute atomic E-state index is 0.0574. The molecule has 0 aliphatic carbocycles. The number of fused-ring (bicyclic) bond motifs is 1. The highest BCUT2D eigenvalue weighted by Crippen LogP contribution is 2.44. The summed E-state index contributed by atoms with van der Waals surface area (Å²) in [4.78, 5) is 12.9. The van der Waals surface area contributed by atoms with Crippen LogP contribution in [-0.2, 0) is 10.2 Å². The first-order valence-electron chi connectivity index (χ1n) is 9.40. The molecule has 2 aromatic carbocycles. The van der Waals surface area contributed by atoms with Gasteiger partial charge in [-0.2, -0.15) is 0 Å². The lowest BCUT2D eigenvalue weighted by atomic mass is 9.85. The molecule has 0 saturated carbocycles. The van der Waals surface area contributed by atoms with E-state index >= 15 is 0 Å². The topological polar surface area (TPSA) is 78.1 Å². The third-order valence-corrected chi connectivity index (χ3v) is 4.72. The van der Waals surface area contributed by atoms with E-state index in [1.165, 1.54) is 13.2 Å². The van der Waals surface area contributed by atoms with Crippen LogP contribution >= 0.6 is 0 Å². The van der Waals surface area contributed by atoms with Crippen LogP contribution in [0.25, 0.3) is 22.3 Å². The molecule has 0 unspecified atom stereocenters. The first-order valence-corrected chi connectivity index (χ1v) is 9.40. The van der Waals surface area contributed by atoms with Crippen molar-refractivity contribution in [1.29, 1.82) is 0 Å². The third kappa shape index (κ3) is 3.75. The third-order valence-electron chi connectivity index (χ3n) is 4.72. The van der Waals surface area contributed by atoms with E-state index in [2.05, 4.69) is 0 Å². The van der Waals surface area contributed by atoms with Gasteiger partial charge in [0.25, 0.3) is 0 Å². The maximum atomic E-state index is 12.9. The number of carbonyl (C=O) groups is 1. The molecule has 29 heavy (non-hydrogen) atoms. The number of furan rings is 1. The molecule has 1 heterocycles. The predicted octanol–water partition coefficient (Wildman–Crippen LogP) is 5.30. The van der Waals surface area contributed by atoms with Crippen molar-refractivity contribution < 1.29 is 28.5 Å². The van der Waals surface area contributed by atoms with Gasteiger partial charge in [-0.05, 0) is 36.6 Å². The van der Waals surface area contributed by atoms with E-state index < -0.39 is 5.97 Å². The van der Waals surface area contributed by atoms with Crippen LogP contribution in [0.1, 0.15) is 43.6 Å². The zero-order chi connectivity index (χ0) is 21.3. The van der Waals surface area contributed by atoms with Crippen molar-refractivity contribution in [2.45, 2.75) is 33.1 Å². The zero-order valence-electron chi connectivity index (χ0n) is 17.6. The molecule has 0 radical (unpaired) electrons. The molecule has 0 amide bonds. The molecule has 0 aliphatic heterocycles. The second-order valence-corrected chi connectivity index (χ2v) is 7.71. The average Bonchev–Trinajstić information content (AvgIpc) is 3.05. The molecule has 6 nitrogen and oxygen atoms in total. The molecule has 0 bridgehead atoms. The van der Waals surface area contributed by atoms with Gasteiger partial charge in [-0.3, -0.25) is 0 Å². The number of esters is 1. The van der Waals surface area contributed by atoms with Gasteiger partial charge >= 0.3 is 5.97 Å². The predicted molar refractivity (Wildman–Crippen MR) is 111 cm³/mol. The van der Waals surface area contributed by atoms with E-state index in [0.717, 1.165) is 5.56 Å². The van der Waals surface area contributed by atoms with Gasteiger partial charge in [-0.25, -0.2) is 4.79 Å². The second-order valence-electron chi connectivity index (χ2n) is 7.71. The average molecular weight is 398 g/mol. The molecule has 6 heteroatoms. The Hall–Kier alpha value is -3.15. The van der Waals surface area contributed by atoms with Crippen LogP contribution in [0, 0.1) is 0 Å². The minimum atomic E-state index is -0.524. The Morgan fingerprint density at radius 1 is 1.10 bits per heavy atom. The summed E-state index contributed by atoms with van der Waals surface area (Å²) in [6, 6.07) is 8.45. The van der Waals surface area contributed by atoms with E-state index in [0.29, 0.717) is 33.8 Å². The lowest BCUT2D eigenvalue weighted by Gasteiger charge is -2.19. The Bertz CT molecular complexity index is 1060. The summed E-state index contributed by atoms with van der Waals surface area (Å²) < 4.78 is 22.3. The maximum absolute atomic E-state index is 12.9. The molecular formula is C23H26O6. The van der Waals surface area contributed by atoms with Gasteiger partial charge in [-0.1, -0.05) is 20.8 Å². The Morgan fingerprint density at radius 3 is 2.41 bits per heavy atom. The number of methoxy groups -OCH3 is 2. The van der Waals surface area contributed by atoms with Crippen LogP contribution in [0.5, 0.6) is 17.2 Å². The lowest BCUT2D eigenvalue weighted by Crippen LogP contribution is -2.11. The number of phenolic OH excluding ortho intramolecular Hbond substituents is 1. The van der Waals surface area contributed by atoms with Gasteiger partial charge in [0.2, 0.25) is 0 Å². The fraction of sp³-hybridized carbons (Fsp3) is 0.348. The van der Waals surface area contributed by atoms with Crippen molar-refractivity contribution in [3.05, 3.63) is 41.5 Å². The lowest BCUT2D eigenvalue weighted by molar-refractivity contribution is 0.0528. The van der Waals surface area contributed by atoms with Gasteiger partial charge in [0.05, 0.1) is 26.4 Å². The minimum Gasteiger partial charge on any atom is -0.508 e. The second kappa shape index (κ2) is 7.70. The van der Waals surface area contributed by atoms with Crippen LogP contribution in [-0.4, -0.2) is 31.9 Å². The Balaban J connectivity index is 2.41. The van der Waals surface area contributed by atoms with Crippen LogP contribution in [0.3, 0.4) is 0 Å². The van der Waals surface area contributed by atoms with Crippen LogP contribution in [0.4, 0.5) is 0 Å². The van der Waals surface area contributed by atoms with Gasteiger partial charge in [0.15, 0.2) is 5.76 Å². The number of phenols is 1. The molecule has 154 valence electrons. The van der Waals surface area contributed by atoms with Crippen molar-refractivity contribution in [2.24, 2.45) is 0 Å². The first kappa shape index (κ1) is 20.6. The summed E-state index contributed by atoms with van der Waals surface area (Å²) in [6.07, 6.45) is 0. The molecule has 0 atom stereocenters. The summed E-state index contributed by atoms with van der Waals surface area (Å²) in [5.74, 6) is 0.976. The normalized spacial score (nSPS) is 11.5. The number of hydrogen-bond acceptors (Lipinski definition) is 6. The van der Waals surface area contributed by atoms with Crippen molar-refractivity contribution in [3.63, 3.8) is 0 Å². The van der Waals surface area contributed by atoms with Crippen molar-refractivity contribution in [2.75, 3.05) is 20.8 Å². The highest BCUT2D eigenvalue weighted by Gasteiger charge is 2.30. The van der Waals surface area contributed by atoms with Crippen molar-refractivity contribution >= 4 is 16.9 Å². The molecule has 1 aromatic heterocycles. The fourth-order valence-corrected chi connectivity index (χ4v) is 3.32. The van der Waals surface area contributed by atoms with Crippen LogP contribution < -0.4 is 9.47 Å². The maximum Gasteiger partial charge on any atom is 0.342 e. The van der Waals surface area contributed by atoms with Crippen LogP contribution in [0.2, 0.25) is 0 Å². The number of rotatable bonds is 5. The molecule has 3 aromatic rings. The van der Waals surface area contributed by atoms with Crippen molar-refractivity contribution in [1.82, 2.24) is 0 Å². The van der Waals surface area contributed by atoms with Crippen molar-refractivity contribution in [3.8, 4) is 28.6 Å². The van der Waals surface area contributed by atoms with E-state index in [1.54, 1.807) is 38.3 Å². The summed E-state index contributed by atoms with van der Waals surface area (Å²) in [5.41, 5.74) is 1.85. The molecular weight excluding hydrogens is 372 g/mol. The largest absolute Gasteiger partial charge is 0.508 e. The summed E-state index contributed by atoms with van der Waals surface area (Å²) in [5, 5.41) is 10.8. The van der Waals surface area contributed by atoms with E-state index in [-0.39, 0.29) is 23.3 Å². The highest BCUT2D eigenvalue weighted by atomic mass is 16.5. The Morgan fingerprint density at radius 2 is 1.83 bits per heavy atom. The fourth-order valence-electron chi connectivity index (χ4n) is 3.32. The quantitative estimate of drug-likeness (QED) is 0.588. The smallest absolute Gasteiger partial charge is 0.342 e. The monoisotopic (exact) mass is 398 g/mol. The van der Waals surface area contributed by atoms with Crippen LogP contribution in [0.15, 0.2) is 34.7 Å². The molecule has 0 fully saturated rings. The molecule has 0 spiro atoms. The number of benzene rings is 2.